The molecular formula is C10H18N2O4. The van der Waals surface area contributed by atoms with Crippen molar-refractivity contribution in [2.24, 2.45) is 0 Å². The van der Waals surface area contributed by atoms with Gasteiger partial charge in [-0.2, -0.15) is 0 Å². The molecule has 3 N–H and O–H groups in total. The smallest absolute Gasteiger partial charge is 0.325 e. The van der Waals surface area contributed by atoms with Crippen LogP contribution >= 0.6 is 0 Å². The van der Waals surface area contributed by atoms with E-state index in [9.17, 15) is 9.59 Å². The number of amides is 2. The van der Waals surface area contributed by atoms with Gasteiger partial charge in [-0.25, -0.2) is 4.79 Å². The third-order valence-electron chi connectivity index (χ3n) is 1.97. The number of nitrogens with one attached hydrogen (secondary N) is 1. The normalized spacial score (nSPS) is 11.6. The van der Waals surface area contributed by atoms with Crippen molar-refractivity contribution >= 4 is 12.0 Å². The number of aliphatic hydroxyl groups excluding tert-OH is 1. The molecule has 0 aromatic heterocycles. The van der Waals surface area contributed by atoms with Crippen LogP contribution in [0.3, 0.4) is 0 Å². The largest absolute Gasteiger partial charge is 0.480 e. The van der Waals surface area contributed by atoms with Gasteiger partial charge in [-0.3, -0.25) is 4.79 Å². The van der Waals surface area contributed by atoms with Gasteiger partial charge in [-0.05, 0) is 13.3 Å². The van der Waals surface area contributed by atoms with Crippen LogP contribution in [0.2, 0.25) is 0 Å². The molecule has 0 aromatic rings. The number of nitrogens with zero attached hydrogens (tertiary/aromatic N) is 1. The quantitative estimate of drug-likeness (QED) is 0.539. The van der Waals surface area contributed by atoms with Crippen molar-refractivity contribution in [3.8, 4) is 0 Å². The summed E-state index contributed by atoms with van der Waals surface area (Å²) in [4.78, 5) is 23.4. The first kappa shape index (κ1) is 14.4. The van der Waals surface area contributed by atoms with Crippen molar-refractivity contribution in [2.75, 3.05) is 19.7 Å². The molecule has 92 valence electrons. The van der Waals surface area contributed by atoms with Crippen molar-refractivity contribution in [3.63, 3.8) is 0 Å². The maximum Gasteiger partial charge on any atom is 0.325 e. The predicted molar refractivity (Wildman–Crippen MR) is 59.1 cm³/mol. The van der Waals surface area contributed by atoms with Gasteiger partial charge in [0.25, 0.3) is 0 Å². The maximum absolute atomic E-state index is 11.6. The SMILES string of the molecule is C=CCCN(CCO)C(=O)N[C@@H](C)C(=O)O. The molecule has 6 heteroatoms. The van der Waals surface area contributed by atoms with Crippen molar-refractivity contribution in [2.45, 2.75) is 19.4 Å². The zero-order valence-corrected chi connectivity index (χ0v) is 9.35. The van der Waals surface area contributed by atoms with Gasteiger partial charge < -0.3 is 20.4 Å². The summed E-state index contributed by atoms with van der Waals surface area (Å²) in [5.74, 6) is -1.10. The summed E-state index contributed by atoms with van der Waals surface area (Å²) >= 11 is 0. The van der Waals surface area contributed by atoms with Gasteiger partial charge in [0.2, 0.25) is 0 Å². The van der Waals surface area contributed by atoms with Crippen LogP contribution in [-0.2, 0) is 4.79 Å². The van der Waals surface area contributed by atoms with E-state index < -0.39 is 18.0 Å². The van der Waals surface area contributed by atoms with Crippen LogP contribution in [-0.4, -0.2) is 52.9 Å². The highest BCUT2D eigenvalue weighted by Gasteiger charge is 2.18. The number of carbonyl (C=O) groups excluding carboxylic acids is 1. The Morgan fingerprint density at radius 2 is 2.12 bits per heavy atom. The summed E-state index contributed by atoms with van der Waals surface area (Å²) in [5.41, 5.74) is 0. The number of aliphatic hydroxyl groups is 1. The average Bonchev–Trinajstić information content (AvgIpc) is 2.23. The van der Waals surface area contributed by atoms with E-state index in [4.69, 9.17) is 10.2 Å². The fraction of sp³-hybridized carbons (Fsp3) is 0.600. The van der Waals surface area contributed by atoms with Gasteiger partial charge in [-0.15, -0.1) is 6.58 Å². The van der Waals surface area contributed by atoms with E-state index in [0.29, 0.717) is 13.0 Å². The number of urea groups is 1. The molecule has 0 radical (unpaired) electrons. The average molecular weight is 230 g/mol. The summed E-state index contributed by atoms with van der Waals surface area (Å²) in [6.45, 7) is 5.32. The van der Waals surface area contributed by atoms with E-state index in [1.165, 1.54) is 11.8 Å². The lowest BCUT2D eigenvalue weighted by Gasteiger charge is -2.22. The van der Waals surface area contributed by atoms with Crippen LogP contribution in [0.25, 0.3) is 0 Å². The first-order chi connectivity index (χ1) is 7.52. The molecule has 0 rings (SSSR count). The number of rotatable bonds is 7. The standard InChI is InChI=1S/C10H18N2O4/c1-3-4-5-12(6-7-13)10(16)11-8(2)9(14)15/h3,8,13H,1,4-7H2,2H3,(H,11,16)(H,14,15)/t8-/m0/s1. The molecular weight excluding hydrogens is 212 g/mol. The summed E-state index contributed by atoms with van der Waals surface area (Å²) in [6.07, 6.45) is 2.24. The maximum atomic E-state index is 11.6. The summed E-state index contributed by atoms with van der Waals surface area (Å²) in [5, 5.41) is 19.7. The third-order valence-corrected chi connectivity index (χ3v) is 1.97. The zero-order chi connectivity index (χ0) is 12.6. The molecule has 2 amide bonds. The predicted octanol–water partition coefficient (Wildman–Crippen LogP) is 0.0395. The van der Waals surface area contributed by atoms with Crippen LogP contribution in [0.4, 0.5) is 4.79 Å². The van der Waals surface area contributed by atoms with Gasteiger partial charge >= 0.3 is 12.0 Å². The van der Waals surface area contributed by atoms with Gasteiger partial charge in [-0.1, -0.05) is 6.08 Å². The van der Waals surface area contributed by atoms with Crippen LogP contribution in [0.5, 0.6) is 0 Å². The number of aliphatic carboxylic acids is 1. The number of carboxylic acids is 1. The van der Waals surface area contributed by atoms with E-state index in [-0.39, 0.29) is 13.2 Å². The Balaban J connectivity index is 4.25. The Hall–Kier alpha value is -1.56. The Kier molecular flexibility index (Phi) is 6.95. The Labute approximate surface area is 94.6 Å². The summed E-state index contributed by atoms with van der Waals surface area (Å²) < 4.78 is 0. The Bertz CT molecular complexity index is 255. The number of carboxylic acid groups (broad SMARTS) is 1. The fourth-order valence-corrected chi connectivity index (χ4v) is 1.02. The van der Waals surface area contributed by atoms with E-state index in [2.05, 4.69) is 11.9 Å². The van der Waals surface area contributed by atoms with Gasteiger partial charge in [0.15, 0.2) is 0 Å². The van der Waals surface area contributed by atoms with Gasteiger partial charge in [0.05, 0.1) is 6.61 Å². The molecule has 0 unspecified atom stereocenters. The first-order valence-electron chi connectivity index (χ1n) is 5.03. The highest BCUT2D eigenvalue weighted by Crippen LogP contribution is 1.95. The topological polar surface area (TPSA) is 89.9 Å². The highest BCUT2D eigenvalue weighted by atomic mass is 16.4. The molecule has 0 aliphatic heterocycles. The monoisotopic (exact) mass is 230 g/mol. The molecule has 1 atom stereocenters. The van der Waals surface area contributed by atoms with Crippen LogP contribution in [0, 0.1) is 0 Å². The van der Waals surface area contributed by atoms with Gasteiger partial charge in [0, 0.05) is 13.1 Å². The third kappa shape index (κ3) is 5.35. The molecule has 0 fully saturated rings. The van der Waals surface area contributed by atoms with Crippen LogP contribution in [0.15, 0.2) is 12.7 Å². The second-order valence-electron chi connectivity index (χ2n) is 3.30. The number of hydrogen-bond donors (Lipinski definition) is 3. The van der Waals surface area contributed by atoms with E-state index in [0.717, 1.165) is 0 Å². The minimum absolute atomic E-state index is 0.161. The lowest BCUT2D eigenvalue weighted by Crippen LogP contribution is -2.47. The Morgan fingerprint density at radius 3 is 2.56 bits per heavy atom. The first-order valence-corrected chi connectivity index (χ1v) is 5.03. The molecule has 0 aliphatic rings. The fourth-order valence-electron chi connectivity index (χ4n) is 1.02. The van der Waals surface area contributed by atoms with Crippen LogP contribution in [0.1, 0.15) is 13.3 Å². The minimum Gasteiger partial charge on any atom is -0.480 e. The molecule has 16 heavy (non-hydrogen) atoms. The van der Waals surface area contributed by atoms with Crippen molar-refractivity contribution in [1.82, 2.24) is 10.2 Å². The van der Waals surface area contributed by atoms with Crippen molar-refractivity contribution < 1.29 is 19.8 Å². The Morgan fingerprint density at radius 1 is 1.50 bits per heavy atom. The van der Waals surface area contributed by atoms with Gasteiger partial charge in [0.1, 0.15) is 6.04 Å². The minimum atomic E-state index is -1.10. The highest BCUT2D eigenvalue weighted by molar-refractivity contribution is 5.82. The second kappa shape index (κ2) is 7.70. The molecule has 0 heterocycles. The lowest BCUT2D eigenvalue weighted by atomic mass is 10.3. The lowest BCUT2D eigenvalue weighted by molar-refractivity contribution is -0.138. The molecule has 0 saturated carbocycles. The summed E-state index contributed by atoms with van der Waals surface area (Å²) in [6, 6.07) is -1.44. The molecule has 0 aliphatic carbocycles. The second-order valence-corrected chi connectivity index (χ2v) is 3.30. The van der Waals surface area contributed by atoms with Crippen molar-refractivity contribution in [1.29, 1.82) is 0 Å². The van der Waals surface area contributed by atoms with E-state index in [1.807, 2.05) is 0 Å². The van der Waals surface area contributed by atoms with E-state index in [1.54, 1.807) is 6.08 Å². The zero-order valence-electron chi connectivity index (χ0n) is 9.35. The molecule has 0 spiro atoms. The number of carbonyl (C=O) groups is 2. The van der Waals surface area contributed by atoms with E-state index >= 15 is 0 Å². The number of hydrogen-bond acceptors (Lipinski definition) is 3. The molecule has 0 aromatic carbocycles. The molecule has 6 nitrogen and oxygen atoms in total. The molecule has 0 bridgehead atoms. The summed E-state index contributed by atoms with van der Waals surface area (Å²) in [7, 11) is 0. The van der Waals surface area contributed by atoms with Crippen LogP contribution < -0.4 is 5.32 Å². The molecule has 0 saturated heterocycles. The van der Waals surface area contributed by atoms with Crippen molar-refractivity contribution in [3.05, 3.63) is 12.7 Å².